The standard InChI is InChI=1S/C20H15Cl2N5O/c1-12-15(19(22)27(25-12)18-10-6-4-8-16(18)21)11-23-26-13(2)24-17-9-5-3-7-14(17)20(26)28/h3-11H,1-2H3/b23-11-. The van der Waals surface area contributed by atoms with E-state index in [1.807, 2.05) is 31.2 Å². The van der Waals surface area contributed by atoms with Crippen LogP contribution in [0.15, 0.2) is 58.4 Å². The van der Waals surface area contributed by atoms with Crippen LogP contribution in [0.5, 0.6) is 0 Å². The number of nitrogens with zero attached hydrogens (tertiary/aromatic N) is 5. The molecule has 0 N–H and O–H groups in total. The summed E-state index contributed by atoms with van der Waals surface area (Å²) in [5.41, 5.74) is 2.32. The molecule has 4 rings (SSSR count). The third kappa shape index (κ3) is 3.10. The van der Waals surface area contributed by atoms with Crippen molar-refractivity contribution in [1.82, 2.24) is 19.4 Å². The summed E-state index contributed by atoms with van der Waals surface area (Å²) in [5.74, 6) is 0.479. The van der Waals surface area contributed by atoms with Crippen LogP contribution in [0, 0.1) is 13.8 Å². The van der Waals surface area contributed by atoms with Gasteiger partial charge < -0.3 is 0 Å². The fraction of sp³-hybridized carbons (Fsp3) is 0.100. The molecule has 2 aromatic carbocycles. The fourth-order valence-corrected chi connectivity index (χ4v) is 3.46. The number of halogens is 2. The molecular weight excluding hydrogens is 397 g/mol. The number of benzene rings is 2. The van der Waals surface area contributed by atoms with E-state index >= 15 is 0 Å². The first kappa shape index (κ1) is 18.4. The van der Waals surface area contributed by atoms with Crippen LogP contribution < -0.4 is 5.56 Å². The molecule has 0 bridgehead atoms. The molecule has 0 saturated heterocycles. The highest BCUT2D eigenvalue weighted by molar-refractivity contribution is 6.34. The van der Waals surface area contributed by atoms with E-state index < -0.39 is 0 Å². The zero-order valence-electron chi connectivity index (χ0n) is 15.1. The number of hydrogen-bond acceptors (Lipinski definition) is 4. The molecule has 0 fully saturated rings. The van der Waals surface area contributed by atoms with Gasteiger partial charge in [-0.15, -0.1) is 0 Å². The third-order valence-corrected chi connectivity index (χ3v) is 5.03. The molecule has 2 aromatic heterocycles. The average Bonchev–Trinajstić information content (AvgIpc) is 2.96. The second-order valence-corrected chi connectivity index (χ2v) is 6.96. The minimum atomic E-state index is -0.244. The van der Waals surface area contributed by atoms with Crippen molar-refractivity contribution in [2.45, 2.75) is 13.8 Å². The van der Waals surface area contributed by atoms with E-state index in [1.54, 1.807) is 35.9 Å². The molecule has 4 aromatic rings. The van der Waals surface area contributed by atoms with Crippen molar-refractivity contribution in [3.05, 3.63) is 86.1 Å². The van der Waals surface area contributed by atoms with Crippen LogP contribution in [-0.2, 0) is 0 Å². The summed E-state index contributed by atoms with van der Waals surface area (Å²) in [6.45, 7) is 3.54. The van der Waals surface area contributed by atoms with Crippen LogP contribution in [0.3, 0.4) is 0 Å². The third-order valence-electron chi connectivity index (χ3n) is 4.35. The number of fused-ring (bicyclic) bond motifs is 1. The Hall–Kier alpha value is -2.96. The highest BCUT2D eigenvalue weighted by Crippen LogP contribution is 2.26. The van der Waals surface area contributed by atoms with Gasteiger partial charge in [-0.25, -0.2) is 9.67 Å². The van der Waals surface area contributed by atoms with Crippen LogP contribution >= 0.6 is 23.2 Å². The molecule has 0 atom stereocenters. The molecule has 2 heterocycles. The van der Waals surface area contributed by atoms with Gasteiger partial charge in [0.05, 0.1) is 39.1 Å². The van der Waals surface area contributed by atoms with Crippen LogP contribution in [0.25, 0.3) is 16.6 Å². The summed E-state index contributed by atoms with van der Waals surface area (Å²) in [6, 6.07) is 14.4. The zero-order chi connectivity index (χ0) is 19.8. The van der Waals surface area contributed by atoms with Crippen molar-refractivity contribution in [2.24, 2.45) is 5.10 Å². The number of hydrogen-bond donors (Lipinski definition) is 0. The van der Waals surface area contributed by atoms with Crippen LogP contribution in [0.2, 0.25) is 10.2 Å². The monoisotopic (exact) mass is 411 g/mol. The maximum atomic E-state index is 12.7. The summed E-state index contributed by atoms with van der Waals surface area (Å²) >= 11 is 12.8. The van der Waals surface area contributed by atoms with E-state index in [-0.39, 0.29) is 5.56 Å². The molecule has 0 aliphatic heterocycles. The van der Waals surface area contributed by atoms with E-state index in [9.17, 15) is 4.79 Å². The van der Waals surface area contributed by atoms with Crippen molar-refractivity contribution < 1.29 is 0 Å². The number of aryl methyl sites for hydroxylation is 2. The normalized spacial score (nSPS) is 11.6. The molecule has 28 heavy (non-hydrogen) atoms. The minimum Gasteiger partial charge on any atom is -0.267 e. The van der Waals surface area contributed by atoms with Crippen LogP contribution in [0.4, 0.5) is 0 Å². The predicted octanol–water partition coefficient (Wildman–Crippen LogP) is 4.39. The Balaban J connectivity index is 1.81. The summed E-state index contributed by atoms with van der Waals surface area (Å²) in [7, 11) is 0. The molecule has 0 radical (unpaired) electrons. The summed E-state index contributed by atoms with van der Waals surface area (Å²) in [4.78, 5) is 17.2. The molecule has 140 valence electrons. The lowest BCUT2D eigenvalue weighted by Gasteiger charge is -2.05. The van der Waals surface area contributed by atoms with E-state index in [0.717, 1.165) is 0 Å². The molecule has 0 saturated carbocycles. The quantitative estimate of drug-likeness (QED) is 0.469. The van der Waals surface area contributed by atoms with E-state index in [2.05, 4.69) is 15.2 Å². The Morgan fingerprint density at radius 3 is 2.54 bits per heavy atom. The van der Waals surface area contributed by atoms with Gasteiger partial charge in [0, 0.05) is 0 Å². The van der Waals surface area contributed by atoms with Gasteiger partial charge in [0.1, 0.15) is 11.0 Å². The predicted molar refractivity (Wildman–Crippen MR) is 112 cm³/mol. The molecular formula is C20H15Cl2N5O. The number of aromatic nitrogens is 4. The van der Waals surface area contributed by atoms with Gasteiger partial charge in [0.25, 0.3) is 5.56 Å². The highest BCUT2D eigenvalue weighted by Gasteiger charge is 2.15. The minimum absolute atomic E-state index is 0.244. The first-order valence-corrected chi connectivity index (χ1v) is 9.25. The van der Waals surface area contributed by atoms with Crippen molar-refractivity contribution in [1.29, 1.82) is 0 Å². The molecule has 0 aliphatic rings. The Morgan fingerprint density at radius 2 is 1.75 bits per heavy atom. The number of para-hydroxylation sites is 2. The van der Waals surface area contributed by atoms with Crippen molar-refractivity contribution in [3.8, 4) is 5.69 Å². The fourth-order valence-electron chi connectivity index (χ4n) is 2.93. The summed E-state index contributed by atoms with van der Waals surface area (Å²) < 4.78 is 2.81. The van der Waals surface area contributed by atoms with Crippen LogP contribution in [0.1, 0.15) is 17.1 Å². The van der Waals surface area contributed by atoms with Gasteiger partial charge in [0.2, 0.25) is 0 Å². The molecule has 0 amide bonds. The van der Waals surface area contributed by atoms with Gasteiger partial charge in [-0.1, -0.05) is 47.5 Å². The summed E-state index contributed by atoms with van der Waals surface area (Å²) in [6.07, 6.45) is 1.52. The molecule has 6 nitrogen and oxygen atoms in total. The molecule has 8 heteroatoms. The van der Waals surface area contributed by atoms with Crippen molar-refractivity contribution in [3.63, 3.8) is 0 Å². The van der Waals surface area contributed by atoms with Crippen molar-refractivity contribution in [2.75, 3.05) is 0 Å². The largest absolute Gasteiger partial charge is 0.282 e. The molecule has 0 spiro atoms. The highest BCUT2D eigenvalue weighted by atomic mass is 35.5. The molecule has 0 unspecified atom stereocenters. The van der Waals surface area contributed by atoms with E-state index in [1.165, 1.54) is 10.9 Å². The lowest BCUT2D eigenvalue weighted by atomic mass is 10.2. The van der Waals surface area contributed by atoms with Gasteiger partial charge in [-0.05, 0) is 38.1 Å². The number of rotatable bonds is 3. The summed E-state index contributed by atoms with van der Waals surface area (Å²) in [5, 5.41) is 10.2. The first-order valence-electron chi connectivity index (χ1n) is 8.50. The second kappa shape index (κ2) is 7.22. The van der Waals surface area contributed by atoms with Gasteiger partial charge in [-0.2, -0.15) is 14.9 Å². The van der Waals surface area contributed by atoms with E-state index in [0.29, 0.717) is 43.8 Å². The van der Waals surface area contributed by atoms with Crippen LogP contribution in [-0.4, -0.2) is 25.7 Å². The lowest BCUT2D eigenvalue weighted by Crippen LogP contribution is -2.20. The maximum Gasteiger partial charge on any atom is 0.282 e. The Kier molecular flexibility index (Phi) is 4.75. The lowest BCUT2D eigenvalue weighted by molar-refractivity contribution is 0.771. The Bertz CT molecular complexity index is 1290. The zero-order valence-corrected chi connectivity index (χ0v) is 16.6. The van der Waals surface area contributed by atoms with Gasteiger partial charge in [0.15, 0.2) is 0 Å². The maximum absolute atomic E-state index is 12.7. The first-order chi connectivity index (χ1) is 13.5. The van der Waals surface area contributed by atoms with Crippen molar-refractivity contribution >= 4 is 40.3 Å². The van der Waals surface area contributed by atoms with E-state index in [4.69, 9.17) is 23.2 Å². The average molecular weight is 412 g/mol. The SMILES string of the molecule is Cc1nn(-c2ccccc2Cl)c(Cl)c1/C=N\n1c(C)nc2ccccc2c1=O. The Morgan fingerprint density at radius 1 is 1.04 bits per heavy atom. The van der Waals surface area contributed by atoms with Gasteiger partial charge in [-0.3, -0.25) is 4.79 Å². The topological polar surface area (TPSA) is 65.1 Å². The molecule has 0 aliphatic carbocycles. The van der Waals surface area contributed by atoms with Gasteiger partial charge >= 0.3 is 0 Å². The smallest absolute Gasteiger partial charge is 0.267 e. The second-order valence-electron chi connectivity index (χ2n) is 6.19. The Labute approximate surface area is 170 Å².